The fraction of sp³-hybridized carbons (Fsp3) is 0.357. The molecule has 1 aliphatic heterocycles. The van der Waals surface area contributed by atoms with Crippen LogP contribution in [0.3, 0.4) is 0 Å². The molecule has 0 spiro atoms. The van der Waals surface area contributed by atoms with Crippen molar-refractivity contribution in [2.45, 2.75) is 11.0 Å². The van der Waals surface area contributed by atoms with Crippen LogP contribution in [0.25, 0.3) is 6.08 Å². The number of rotatable bonds is 6. The van der Waals surface area contributed by atoms with E-state index in [0.29, 0.717) is 11.0 Å². The van der Waals surface area contributed by atoms with E-state index < -0.39 is 5.97 Å². The van der Waals surface area contributed by atoms with Crippen LogP contribution in [0.4, 0.5) is 0 Å². The Kier molecular flexibility index (Phi) is 4.87. The van der Waals surface area contributed by atoms with Gasteiger partial charge in [0, 0.05) is 17.4 Å². The molecule has 1 aliphatic rings. The van der Waals surface area contributed by atoms with Gasteiger partial charge in [0.05, 0.1) is 25.6 Å². The average molecular weight is 280 g/mol. The minimum atomic E-state index is -0.964. The Morgan fingerprint density at radius 2 is 2.37 bits per heavy atom. The summed E-state index contributed by atoms with van der Waals surface area (Å²) < 4.78 is 10.4. The second kappa shape index (κ2) is 6.63. The second-order valence-electron chi connectivity index (χ2n) is 4.22. The Labute approximate surface area is 116 Å². The highest BCUT2D eigenvalue weighted by Crippen LogP contribution is 2.27. The van der Waals surface area contributed by atoms with Crippen molar-refractivity contribution >= 4 is 23.8 Å². The van der Waals surface area contributed by atoms with Crippen LogP contribution in [0.1, 0.15) is 11.1 Å². The van der Waals surface area contributed by atoms with Gasteiger partial charge in [-0.1, -0.05) is 6.07 Å². The topological polar surface area (TPSA) is 55.8 Å². The summed E-state index contributed by atoms with van der Waals surface area (Å²) in [5, 5.41) is 9.26. The summed E-state index contributed by atoms with van der Waals surface area (Å²) in [6.07, 6.45) is 2.68. The predicted molar refractivity (Wildman–Crippen MR) is 75.6 cm³/mol. The first-order valence-corrected chi connectivity index (χ1v) is 7.01. The van der Waals surface area contributed by atoms with E-state index in [9.17, 15) is 4.79 Å². The number of hydrogen-bond donors (Lipinski definition) is 1. The Hall–Kier alpha value is -1.46. The Morgan fingerprint density at radius 3 is 2.95 bits per heavy atom. The van der Waals surface area contributed by atoms with Crippen LogP contribution in [0.15, 0.2) is 24.3 Å². The zero-order valence-electron chi connectivity index (χ0n) is 10.7. The van der Waals surface area contributed by atoms with E-state index in [-0.39, 0.29) is 0 Å². The zero-order valence-corrected chi connectivity index (χ0v) is 11.5. The van der Waals surface area contributed by atoms with Crippen molar-refractivity contribution in [2.75, 3.05) is 20.3 Å². The third-order valence-corrected chi connectivity index (χ3v) is 4.04. The lowest BCUT2D eigenvalue weighted by Crippen LogP contribution is -2.30. The van der Waals surface area contributed by atoms with Gasteiger partial charge >= 0.3 is 5.97 Å². The molecule has 0 radical (unpaired) electrons. The molecule has 4 nitrogen and oxygen atoms in total. The standard InChI is InChI=1S/C14H16O4S/c1-17-13-4-2-10(9-19-12-7-18-8-12)6-11(13)3-5-14(15)16/h2-6,12H,7-9H2,1H3,(H,15,16). The van der Waals surface area contributed by atoms with Crippen LogP contribution in [0.2, 0.25) is 0 Å². The number of benzene rings is 1. The molecule has 0 unspecified atom stereocenters. The van der Waals surface area contributed by atoms with E-state index in [1.807, 2.05) is 30.0 Å². The molecule has 1 aromatic rings. The van der Waals surface area contributed by atoms with Gasteiger partial charge < -0.3 is 14.6 Å². The third kappa shape index (κ3) is 4.01. The van der Waals surface area contributed by atoms with E-state index in [4.69, 9.17) is 14.6 Å². The summed E-state index contributed by atoms with van der Waals surface area (Å²) in [6, 6.07) is 5.84. The van der Waals surface area contributed by atoms with Gasteiger partial charge in [0.15, 0.2) is 0 Å². The van der Waals surface area contributed by atoms with E-state index in [2.05, 4.69) is 0 Å². The lowest BCUT2D eigenvalue weighted by molar-refractivity contribution is -0.131. The summed E-state index contributed by atoms with van der Waals surface area (Å²) in [4.78, 5) is 10.6. The lowest BCUT2D eigenvalue weighted by atomic mass is 10.1. The van der Waals surface area contributed by atoms with Gasteiger partial charge in [-0.15, -0.1) is 11.8 Å². The van der Waals surface area contributed by atoms with Crippen LogP contribution in [0.5, 0.6) is 5.75 Å². The predicted octanol–water partition coefficient (Wildman–Crippen LogP) is 2.42. The maximum Gasteiger partial charge on any atom is 0.328 e. The monoisotopic (exact) mass is 280 g/mol. The molecule has 0 amide bonds. The van der Waals surface area contributed by atoms with E-state index in [0.717, 1.165) is 36.2 Å². The van der Waals surface area contributed by atoms with Gasteiger partial charge in [0.25, 0.3) is 0 Å². The molecule has 1 N–H and O–H groups in total. The molecule has 2 rings (SSSR count). The first-order valence-electron chi connectivity index (χ1n) is 5.96. The summed E-state index contributed by atoms with van der Waals surface area (Å²) in [5.74, 6) is 0.609. The molecule has 1 heterocycles. The number of carboxylic acids is 1. The van der Waals surface area contributed by atoms with Crippen LogP contribution < -0.4 is 4.74 Å². The minimum Gasteiger partial charge on any atom is -0.496 e. The first-order chi connectivity index (χ1) is 9.19. The normalized spacial score (nSPS) is 15.4. The van der Waals surface area contributed by atoms with Gasteiger partial charge in [-0.25, -0.2) is 4.79 Å². The van der Waals surface area contributed by atoms with Gasteiger partial charge in [-0.05, 0) is 23.8 Å². The molecule has 19 heavy (non-hydrogen) atoms. The van der Waals surface area contributed by atoms with Gasteiger partial charge in [0.2, 0.25) is 0 Å². The maximum atomic E-state index is 10.6. The lowest BCUT2D eigenvalue weighted by Gasteiger charge is -2.25. The number of hydrogen-bond acceptors (Lipinski definition) is 4. The smallest absolute Gasteiger partial charge is 0.328 e. The number of methoxy groups -OCH3 is 1. The SMILES string of the molecule is COc1ccc(CSC2COC2)cc1C=CC(=O)O. The van der Waals surface area contributed by atoms with Crippen LogP contribution in [-0.2, 0) is 15.3 Å². The average Bonchev–Trinajstić information content (AvgIpc) is 2.34. The second-order valence-corrected chi connectivity index (χ2v) is 5.51. The number of ether oxygens (including phenoxy) is 2. The highest BCUT2D eigenvalue weighted by molar-refractivity contribution is 7.99. The van der Waals surface area contributed by atoms with Crippen molar-refractivity contribution in [2.24, 2.45) is 0 Å². The van der Waals surface area contributed by atoms with Crippen LogP contribution >= 0.6 is 11.8 Å². The Morgan fingerprint density at radius 1 is 1.58 bits per heavy atom. The number of thioether (sulfide) groups is 1. The van der Waals surface area contributed by atoms with Crippen molar-refractivity contribution in [3.63, 3.8) is 0 Å². The Balaban J connectivity index is 2.07. The van der Waals surface area contributed by atoms with Gasteiger partial charge in [0.1, 0.15) is 5.75 Å². The number of carbonyl (C=O) groups is 1. The van der Waals surface area contributed by atoms with Crippen molar-refractivity contribution in [3.8, 4) is 5.75 Å². The van der Waals surface area contributed by atoms with Crippen molar-refractivity contribution in [1.82, 2.24) is 0 Å². The zero-order chi connectivity index (χ0) is 13.7. The molecule has 102 valence electrons. The highest BCUT2D eigenvalue weighted by atomic mass is 32.2. The summed E-state index contributed by atoms with van der Waals surface area (Å²) in [5.41, 5.74) is 1.94. The summed E-state index contributed by atoms with van der Waals surface area (Å²) >= 11 is 1.86. The van der Waals surface area contributed by atoms with Crippen molar-refractivity contribution in [3.05, 3.63) is 35.4 Å². The fourth-order valence-corrected chi connectivity index (χ4v) is 2.68. The van der Waals surface area contributed by atoms with Crippen molar-refractivity contribution in [1.29, 1.82) is 0 Å². The first kappa shape index (κ1) is 14.0. The molecule has 0 atom stereocenters. The minimum absolute atomic E-state index is 0.583. The van der Waals surface area contributed by atoms with Crippen LogP contribution in [-0.4, -0.2) is 36.6 Å². The molecule has 5 heteroatoms. The quantitative estimate of drug-likeness (QED) is 0.811. The third-order valence-electron chi connectivity index (χ3n) is 2.79. The fourth-order valence-electron chi connectivity index (χ4n) is 1.69. The summed E-state index contributed by atoms with van der Waals surface area (Å²) in [6.45, 7) is 1.65. The molecule has 0 aliphatic carbocycles. The molecule has 1 saturated heterocycles. The molecule has 1 aromatic carbocycles. The molecule has 0 saturated carbocycles. The summed E-state index contributed by atoms with van der Waals surface area (Å²) in [7, 11) is 1.58. The number of carboxylic acid groups (broad SMARTS) is 1. The van der Waals surface area contributed by atoms with Gasteiger partial charge in [-0.2, -0.15) is 0 Å². The molecule has 0 bridgehead atoms. The maximum absolute atomic E-state index is 10.6. The Bertz CT molecular complexity index is 480. The van der Waals surface area contributed by atoms with Crippen LogP contribution in [0, 0.1) is 0 Å². The molecule has 1 fully saturated rings. The van der Waals surface area contributed by atoms with E-state index >= 15 is 0 Å². The molecular formula is C14H16O4S. The molecular weight excluding hydrogens is 264 g/mol. The largest absolute Gasteiger partial charge is 0.496 e. The van der Waals surface area contributed by atoms with E-state index in [1.165, 1.54) is 0 Å². The van der Waals surface area contributed by atoms with Crippen molar-refractivity contribution < 1.29 is 19.4 Å². The number of aliphatic carboxylic acids is 1. The molecule has 0 aromatic heterocycles. The highest BCUT2D eigenvalue weighted by Gasteiger charge is 2.18. The van der Waals surface area contributed by atoms with Gasteiger partial charge in [-0.3, -0.25) is 0 Å². The van der Waals surface area contributed by atoms with E-state index in [1.54, 1.807) is 13.2 Å².